The molecule has 24 heavy (non-hydrogen) atoms. The van der Waals surface area contributed by atoms with Gasteiger partial charge in [0.2, 0.25) is 5.91 Å². The van der Waals surface area contributed by atoms with Gasteiger partial charge in [0.05, 0.1) is 6.10 Å². The zero-order chi connectivity index (χ0) is 16.9. The number of nitrogens with zero attached hydrogens (tertiary/aromatic N) is 1. The number of ether oxygens (including phenoxy) is 1. The maximum atomic E-state index is 12.2. The molecule has 0 saturated carbocycles. The van der Waals surface area contributed by atoms with E-state index in [9.17, 15) is 9.59 Å². The Morgan fingerprint density at radius 3 is 2.46 bits per heavy atom. The molecule has 1 fully saturated rings. The first-order chi connectivity index (χ1) is 11.6. The molecule has 5 heteroatoms. The Morgan fingerprint density at radius 1 is 1.12 bits per heavy atom. The van der Waals surface area contributed by atoms with Gasteiger partial charge in [0.25, 0.3) is 5.91 Å². The van der Waals surface area contributed by atoms with Crippen LogP contribution < -0.4 is 5.32 Å². The van der Waals surface area contributed by atoms with Crippen LogP contribution in [0.3, 0.4) is 0 Å². The van der Waals surface area contributed by atoms with Crippen molar-refractivity contribution >= 4 is 11.8 Å². The number of likely N-dealkylation sites (N-methyl/N-ethyl adjacent to an activating group) is 1. The lowest BCUT2D eigenvalue weighted by molar-refractivity contribution is -0.146. The van der Waals surface area contributed by atoms with Gasteiger partial charge in [0, 0.05) is 25.7 Å². The van der Waals surface area contributed by atoms with Crippen molar-refractivity contribution in [3.63, 3.8) is 0 Å². The third kappa shape index (κ3) is 3.81. The summed E-state index contributed by atoms with van der Waals surface area (Å²) in [4.78, 5) is 25.2. The number of hydrogen-bond donors (Lipinski definition) is 1. The van der Waals surface area contributed by atoms with Crippen LogP contribution in [0.5, 0.6) is 0 Å². The Hall–Kier alpha value is -2.66. The Balaban J connectivity index is 1.57. The second-order valence-electron chi connectivity index (χ2n) is 5.86. The van der Waals surface area contributed by atoms with E-state index >= 15 is 0 Å². The first kappa shape index (κ1) is 16.2. The summed E-state index contributed by atoms with van der Waals surface area (Å²) in [6.45, 7) is 0.950. The average Bonchev–Trinajstić information content (AvgIpc) is 2.63. The molecule has 1 aliphatic rings. The Kier molecular flexibility index (Phi) is 4.91. The maximum Gasteiger partial charge on any atom is 0.251 e. The van der Waals surface area contributed by atoms with Gasteiger partial charge in [-0.05, 0) is 23.3 Å². The van der Waals surface area contributed by atoms with Crippen LogP contribution in [0, 0.1) is 0 Å². The summed E-state index contributed by atoms with van der Waals surface area (Å²) in [5, 5.41) is 2.86. The molecule has 1 saturated heterocycles. The predicted octanol–water partition coefficient (Wildman–Crippen LogP) is 1.94. The van der Waals surface area contributed by atoms with Crippen molar-refractivity contribution in [1.82, 2.24) is 10.2 Å². The topological polar surface area (TPSA) is 58.6 Å². The van der Waals surface area contributed by atoms with E-state index in [1.165, 1.54) is 0 Å². The molecular formula is C19H20N2O3. The minimum Gasteiger partial charge on any atom is -0.365 e. The quantitative estimate of drug-likeness (QED) is 0.935. The molecule has 0 spiro atoms. The Labute approximate surface area is 141 Å². The normalized spacial score (nSPS) is 17.6. The lowest BCUT2D eigenvalue weighted by atomic mass is 10.0. The second kappa shape index (κ2) is 7.27. The smallest absolute Gasteiger partial charge is 0.251 e. The fraction of sp³-hybridized carbons (Fsp3) is 0.263. The van der Waals surface area contributed by atoms with E-state index in [2.05, 4.69) is 5.32 Å². The van der Waals surface area contributed by atoms with E-state index in [-0.39, 0.29) is 24.5 Å². The summed E-state index contributed by atoms with van der Waals surface area (Å²) in [6, 6.07) is 17.5. The van der Waals surface area contributed by atoms with Crippen LogP contribution >= 0.6 is 0 Å². The summed E-state index contributed by atoms with van der Waals surface area (Å²) < 4.78 is 5.42. The van der Waals surface area contributed by atoms with Gasteiger partial charge in [0.1, 0.15) is 6.61 Å². The molecule has 1 atom stereocenters. The van der Waals surface area contributed by atoms with Crippen molar-refractivity contribution in [2.24, 2.45) is 0 Å². The molecule has 5 nitrogen and oxygen atoms in total. The largest absolute Gasteiger partial charge is 0.365 e. The van der Waals surface area contributed by atoms with Gasteiger partial charge < -0.3 is 15.0 Å². The summed E-state index contributed by atoms with van der Waals surface area (Å²) in [5.74, 6) is -0.174. The van der Waals surface area contributed by atoms with Gasteiger partial charge in [-0.15, -0.1) is 0 Å². The van der Waals surface area contributed by atoms with Gasteiger partial charge in [0.15, 0.2) is 0 Å². The third-order valence-corrected chi connectivity index (χ3v) is 4.09. The van der Waals surface area contributed by atoms with Crippen molar-refractivity contribution < 1.29 is 14.3 Å². The van der Waals surface area contributed by atoms with Gasteiger partial charge in [-0.3, -0.25) is 9.59 Å². The zero-order valence-electron chi connectivity index (χ0n) is 13.6. The SMILES string of the molecule is CN1CC(CNC(=O)c2ccc(-c3ccccc3)cc2)OCC1=O. The number of benzene rings is 2. The molecule has 2 amide bonds. The van der Waals surface area contributed by atoms with Crippen molar-refractivity contribution in [3.8, 4) is 11.1 Å². The van der Waals surface area contributed by atoms with Gasteiger partial charge in [-0.2, -0.15) is 0 Å². The van der Waals surface area contributed by atoms with Crippen molar-refractivity contribution in [3.05, 3.63) is 60.2 Å². The number of amides is 2. The predicted molar refractivity (Wildman–Crippen MR) is 91.6 cm³/mol. The minimum atomic E-state index is -0.166. The molecule has 0 bridgehead atoms. The molecule has 0 aromatic heterocycles. The summed E-state index contributed by atoms with van der Waals surface area (Å²) in [5.41, 5.74) is 2.80. The van der Waals surface area contributed by atoms with Crippen LogP contribution in [0.15, 0.2) is 54.6 Å². The highest BCUT2D eigenvalue weighted by Crippen LogP contribution is 2.19. The maximum absolute atomic E-state index is 12.2. The second-order valence-corrected chi connectivity index (χ2v) is 5.86. The molecule has 124 valence electrons. The Morgan fingerprint density at radius 2 is 1.79 bits per heavy atom. The molecule has 0 aliphatic carbocycles. The number of rotatable bonds is 4. The molecule has 1 unspecified atom stereocenters. The molecule has 1 aliphatic heterocycles. The van der Waals surface area contributed by atoms with E-state index in [4.69, 9.17) is 4.74 Å². The van der Waals surface area contributed by atoms with Crippen molar-refractivity contribution in [1.29, 1.82) is 0 Å². The minimum absolute atomic E-state index is 0.0333. The third-order valence-electron chi connectivity index (χ3n) is 4.09. The number of hydrogen-bond acceptors (Lipinski definition) is 3. The van der Waals surface area contributed by atoms with Crippen molar-refractivity contribution in [2.75, 3.05) is 26.7 Å². The van der Waals surface area contributed by atoms with E-state index in [0.717, 1.165) is 11.1 Å². The standard InChI is InChI=1S/C19H20N2O3/c1-21-12-17(24-13-18(21)22)11-20-19(23)16-9-7-15(8-10-16)14-5-3-2-4-6-14/h2-10,17H,11-13H2,1H3,(H,20,23). The zero-order valence-corrected chi connectivity index (χ0v) is 13.6. The van der Waals surface area contributed by atoms with Gasteiger partial charge in [-0.1, -0.05) is 42.5 Å². The van der Waals surface area contributed by atoms with Crippen LogP contribution in [0.4, 0.5) is 0 Å². The van der Waals surface area contributed by atoms with Crippen LogP contribution in [0.1, 0.15) is 10.4 Å². The van der Waals surface area contributed by atoms with E-state index in [1.54, 1.807) is 11.9 Å². The van der Waals surface area contributed by atoms with Crippen LogP contribution in [0.25, 0.3) is 11.1 Å². The number of carbonyl (C=O) groups excluding carboxylic acids is 2. The van der Waals surface area contributed by atoms with Crippen LogP contribution in [-0.2, 0) is 9.53 Å². The lowest BCUT2D eigenvalue weighted by Gasteiger charge is -2.29. The lowest BCUT2D eigenvalue weighted by Crippen LogP contribution is -2.48. The van der Waals surface area contributed by atoms with E-state index in [1.807, 2.05) is 54.6 Å². The van der Waals surface area contributed by atoms with Crippen molar-refractivity contribution in [2.45, 2.75) is 6.10 Å². The summed E-state index contributed by atoms with van der Waals surface area (Å²) in [6.07, 6.45) is -0.166. The first-order valence-electron chi connectivity index (χ1n) is 7.93. The Bertz CT molecular complexity index is 713. The fourth-order valence-electron chi connectivity index (χ4n) is 2.64. The van der Waals surface area contributed by atoms with E-state index < -0.39 is 0 Å². The van der Waals surface area contributed by atoms with Crippen LogP contribution in [-0.4, -0.2) is 49.6 Å². The molecule has 2 aromatic rings. The summed E-state index contributed by atoms with van der Waals surface area (Å²) >= 11 is 0. The van der Waals surface area contributed by atoms with Crippen LogP contribution in [0.2, 0.25) is 0 Å². The summed E-state index contributed by atoms with van der Waals surface area (Å²) in [7, 11) is 1.74. The number of nitrogens with one attached hydrogen (secondary N) is 1. The average molecular weight is 324 g/mol. The molecule has 2 aromatic carbocycles. The molecule has 0 radical (unpaired) electrons. The molecular weight excluding hydrogens is 304 g/mol. The highest BCUT2D eigenvalue weighted by atomic mass is 16.5. The highest BCUT2D eigenvalue weighted by Gasteiger charge is 2.23. The van der Waals surface area contributed by atoms with Gasteiger partial charge in [-0.25, -0.2) is 0 Å². The van der Waals surface area contributed by atoms with Gasteiger partial charge >= 0.3 is 0 Å². The monoisotopic (exact) mass is 324 g/mol. The van der Waals surface area contributed by atoms with E-state index in [0.29, 0.717) is 18.7 Å². The molecule has 1 heterocycles. The highest BCUT2D eigenvalue weighted by molar-refractivity contribution is 5.94. The molecule has 3 rings (SSSR count). The fourth-order valence-corrected chi connectivity index (χ4v) is 2.64. The number of carbonyl (C=O) groups is 2. The molecule has 1 N–H and O–H groups in total. The first-order valence-corrected chi connectivity index (χ1v) is 7.93. The number of morpholine rings is 1.